The van der Waals surface area contributed by atoms with E-state index in [4.69, 9.17) is 5.26 Å². The summed E-state index contributed by atoms with van der Waals surface area (Å²) in [5, 5.41) is 12.0. The third-order valence-electron chi connectivity index (χ3n) is 2.12. The minimum atomic E-state index is 0.303. The maximum Gasteiger partial charge on any atom is 0.0656 e. The molecule has 2 nitrogen and oxygen atoms in total. The molecule has 1 N–H and O–H groups in total. The van der Waals surface area contributed by atoms with Crippen molar-refractivity contribution >= 4 is 0 Å². The predicted octanol–water partition coefficient (Wildman–Crippen LogP) is 1.29. The van der Waals surface area contributed by atoms with Crippen LogP contribution in [0.25, 0.3) is 0 Å². The smallest absolute Gasteiger partial charge is 0.0656 e. The van der Waals surface area contributed by atoms with Crippen LogP contribution in [-0.4, -0.2) is 12.6 Å². The van der Waals surface area contributed by atoms with Gasteiger partial charge in [-0.3, -0.25) is 0 Å². The van der Waals surface area contributed by atoms with Crippen LogP contribution in [0.5, 0.6) is 0 Å². The fraction of sp³-hybridized carbons (Fsp3) is 0.875. The van der Waals surface area contributed by atoms with Gasteiger partial charge in [0, 0.05) is 12.0 Å². The van der Waals surface area contributed by atoms with Crippen molar-refractivity contribution in [2.24, 2.45) is 5.92 Å². The lowest BCUT2D eigenvalue weighted by Crippen LogP contribution is -2.24. The predicted molar refractivity (Wildman–Crippen MR) is 40.4 cm³/mol. The Balaban J connectivity index is 2.35. The lowest BCUT2D eigenvalue weighted by Gasteiger charge is -2.06. The number of nitriles is 1. The molecule has 10 heavy (non-hydrogen) atoms. The molecule has 0 aromatic rings. The highest BCUT2D eigenvalue weighted by atomic mass is 14.9. The van der Waals surface area contributed by atoms with E-state index < -0.39 is 0 Å². The largest absolute Gasteiger partial charge is 0.314 e. The van der Waals surface area contributed by atoms with Gasteiger partial charge in [0.25, 0.3) is 0 Å². The van der Waals surface area contributed by atoms with Crippen LogP contribution < -0.4 is 5.32 Å². The molecule has 0 aromatic heterocycles. The number of nitrogens with zero attached hydrogens (tertiary/aromatic N) is 1. The second-order valence-electron chi connectivity index (χ2n) is 3.05. The molecule has 1 fully saturated rings. The number of hydrogen-bond donors (Lipinski definition) is 1. The van der Waals surface area contributed by atoms with Crippen molar-refractivity contribution in [3.05, 3.63) is 0 Å². The molecular weight excluding hydrogens is 124 g/mol. The van der Waals surface area contributed by atoms with Crippen molar-refractivity contribution in [1.82, 2.24) is 5.32 Å². The van der Waals surface area contributed by atoms with E-state index in [1.165, 1.54) is 0 Å². The molecule has 0 spiro atoms. The van der Waals surface area contributed by atoms with Crippen molar-refractivity contribution in [3.63, 3.8) is 0 Å². The van der Waals surface area contributed by atoms with Crippen molar-refractivity contribution < 1.29 is 0 Å². The van der Waals surface area contributed by atoms with Crippen LogP contribution in [0.2, 0.25) is 0 Å². The third kappa shape index (κ3) is 2.00. The molecular formula is C8H14N2. The highest BCUT2D eigenvalue weighted by Crippen LogP contribution is 2.14. The summed E-state index contributed by atoms with van der Waals surface area (Å²) in [4.78, 5) is 0. The average Bonchev–Trinajstić information content (AvgIpc) is 2.14. The van der Waals surface area contributed by atoms with E-state index in [1.807, 2.05) is 0 Å². The van der Waals surface area contributed by atoms with Gasteiger partial charge in [0.2, 0.25) is 0 Å². The maximum absolute atomic E-state index is 8.62. The fourth-order valence-corrected chi connectivity index (χ4v) is 1.33. The summed E-state index contributed by atoms with van der Waals surface area (Å²) in [5.41, 5.74) is 0. The molecule has 0 amide bonds. The Bertz CT molecular complexity index is 137. The highest BCUT2D eigenvalue weighted by molar-refractivity contribution is 4.86. The highest BCUT2D eigenvalue weighted by Gasteiger charge is 2.13. The minimum Gasteiger partial charge on any atom is -0.314 e. The quantitative estimate of drug-likeness (QED) is 0.547. The zero-order chi connectivity index (χ0) is 7.40. The van der Waals surface area contributed by atoms with E-state index in [9.17, 15) is 0 Å². The normalized spacial score (nSPS) is 34.4. The first kappa shape index (κ1) is 7.56. The molecule has 1 saturated heterocycles. The van der Waals surface area contributed by atoms with Gasteiger partial charge in [-0.2, -0.15) is 5.26 Å². The summed E-state index contributed by atoms with van der Waals surface area (Å²) in [5.74, 6) is 0.303. The molecule has 1 heterocycles. The van der Waals surface area contributed by atoms with Crippen LogP contribution in [0.3, 0.4) is 0 Å². The standard InChI is InChI=1S/C8H14N2/c1-7-2-3-8(6-9)4-5-10-7/h7-8,10H,2-5H2,1H3. The number of hydrogen-bond acceptors (Lipinski definition) is 2. The number of rotatable bonds is 0. The Kier molecular flexibility index (Phi) is 2.70. The molecule has 0 aromatic carbocycles. The van der Waals surface area contributed by atoms with Gasteiger partial charge in [0.05, 0.1) is 6.07 Å². The molecule has 2 unspecified atom stereocenters. The molecule has 2 heteroatoms. The van der Waals surface area contributed by atoms with Gasteiger partial charge in [-0.05, 0) is 32.7 Å². The van der Waals surface area contributed by atoms with Gasteiger partial charge >= 0.3 is 0 Å². The Morgan fingerprint density at radius 3 is 2.90 bits per heavy atom. The van der Waals surface area contributed by atoms with Crippen LogP contribution in [0, 0.1) is 17.2 Å². The molecule has 56 valence electrons. The molecule has 0 aliphatic carbocycles. The minimum absolute atomic E-state index is 0.303. The first-order chi connectivity index (χ1) is 4.83. The van der Waals surface area contributed by atoms with Crippen LogP contribution in [0.4, 0.5) is 0 Å². The molecule has 2 atom stereocenters. The first-order valence-corrected chi connectivity index (χ1v) is 3.96. The molecule has 1 aliphatic rings. The maximum atomic E-state index is 8.62. The fourth-order valence-electron chi connectivity index (χ4n) is 1.33. The Labute approximate surface area is 62.2 Å². The first-order valence-electron chi connectivity index (χ1n) is 3.96. The summed E-state index contributed by atoms with van der Waals surface area (Å²) in [7, 11) is 0. The lowest BCUT2D eigenvalue weighted by atomic mass is 10.0. The summed E-state index contributed by atoms with van der Waals surface area (Å²) < 4.78 is 0. The summed E-state index contributed by atoms with van der Waals surface area (Å²) in [6, 6.07) is 2.93. The zero-order valence-electron chi connectivity index (χ0n) is 6.43. The molecule has 0 saturated carbocycles. The van der Waals surface area contributed by atoms with Crippen LogP contribution >= 0.6 is 0 Å². The topological polar surface area (TPSA) is 35.8 Å². The van der Waals surface area contributed by atoms with Gasteiger partial charge in [-0.25, -0.2) is 0 Å². The second kappa shape index (κ2) is 3.58. The number of nitrogens with one attached hydrogen (secondary N) is 1. The van der Waals surface area contributed by atoms with Crippen molar-refractivity contribution in [2.45, 2.75) is 32.2 Å². The van der Waals surface area contributed by atoms with Gasteiger partial charge in [0.15, 0.2) is 0 Å². The van der Waals surface area contributed by atoms with E-state index in [2.05, 4.69) is 18.3 Å². The van der Waals surface area contributed by atoms with Crippen molar-refractivity contribution in [2.75, 3.05) is 6.54 Å². The Morgan fingerprint density at radius 1 is 1.40 bits per heavy atom. The summed E-state index contributed by atoms with van der Waals surface area (Å²) in [6.07, 6.45) is 3.25. The zero-order valence-corrected chi connectivity index (χ0v) is 6.43. The van der Waals surface area contributed by atoms with E-state index in [1.54, 1.807) is 0 Å². The van der Waals surface area contributed by atoms with Crippen LogP contribution in [0.1, 0.15) is 26.2 Å². The van der Waals surface area contributed by atoms with E-state index >= 15 is 0 Å². The van der Waals surface area contributed by atoms with Gasteiger partial charge in [-0.15, -0.1) is 0 Å². The van der Waals surface area contributed by atoms with E-state index in [0.29, 0.717) is 12.0 Å². The van der Waals surface area contributed by atoms with Crippen molar-refractivity contribution in [1.29, 1.82) is 5.26 Å². The van der Waals surface area contributed by atoms with E-state index in [0.717, 1.165) is 25.8 Å². The molecule has 0 bridgehead atoms. The Hall–Kier alpha value is -0.550. The average molecular weight is 138 g/mol. The Morgan fingerprint density at radius 2 is 2.20 bits per heavy atom. The molecule has 1 aliphatic heterocycles. The summed E-state index contributed by atoms with van der Waals surface area (Å²) in [6.45, 7) is 3.19. The lowest BCUT2D eigenvalue weighted by molar-refractivity contribution is 0.543. The monoisotopic (exact) mass is 138 g/mol. The van der Waals surface area contributed by atoms with Crippen LogP contribution in [0.15, 0.2) is 0 Å². The molecule has 1 rings (SSSR count). The van der Waals surface area contributed by atoms with Crippen molar-refractivity contribution in [3.8, 4) is 6.07 Å². The van der Waals surface area contributed by atoms with Gasteiger partial charge in [-0.1, -0.05) is 0 Å². The SMILES string of the molecule is CC1CCC(C#N)CCN1. The van der Waals surface area contributed by atoms with Gasteiger partial charge in [0.1, 0.15) is 0 Å². The summed E-state index contributed by atoms with van der Waals surface area (Å²) >= 11 is 0. The second-order valence-corrected chi connectivity index (χ2v) is 3.05. The van der Waals surface area contributed by atoms with E-state index in [-0.39, 0.29) is 0 Å². The van der Waals surface area contributed by atoms with Gasteiger partial charge < -0.3 is 5.32 Å². The van der Waals surface area contributed by atoms with Crippen LogP contribution in [-0.2, 0) is 0 Å². The third-order valence-corrected chi connectivity index (χ3v) is 2.12. The molecule has 0 radical (unpaired) electrons.